The van der Waals surface area contributed by atoms with Crippen LogP contribution in [0.3, 0.4) is 0 Å². The average Bonchev–Trinajstić information content (AvgIpc) is 2.87. The van der Waals surface area contributed by atoms with Crippen molar-refractivity contribution in [1.82, 2.24) is 10.3 Å². The third-order valence-corrected chi connectivity index (χ3v) is 6.85. The molecule has 1 aromatic heterocycles. The van der Waals surface area contributed by atoms with Gasteiger partial charge in [-0.15, -0.1) is 11.3 Å². The number of hydrogen-bond acceptors (Lipinski definition) is 5. The van der Waals surface area contributed by atoms with Crippen molar-refractivity contribution < 1.29 is 8.42 Å². The summed E-state index contributed by atoms with van der Waals surface area (Å²) >= 11 is 1.60. The monoisotopic (exact) mass is 314 g/mol. The zero-order chi connectivity index (χ0) is 14.6. The minimum atomic E-state index is -2.94. The summed E-state index contributed by atoms with van der Waals surface area (Å²) in [4.78, 5) is 4.77. The quantitative estimate of drug-likeness (QED) is 0.929. The lowest BCUT2D eigenvalue weighted by Gasteiger charge is -2.27. The predicted octanol–water partition coefficient (Wildman–Crippen LogP) is 2.21. The Morgan fingerprint density at radius 1 is 1.40 bits per heavy atom. The van der Waals surface area contributed by atoms with Crippen LogP contribution in [0.4, 0.5) is 0 Å². The largest absolute Gasteiger partial charge is 0.302 e. The summed E-state index contributed by atoms with van der Waals surface area (Å²) in [6.45, 7) is 6.41. The third kappa shape index (κ3) is 2.78. The fourth-order valence-electron chi connectivity index (χ4n) is 2.65. The fraction of sp³-hybridized carbons (Fsp3) is 0.786. The van der Waals surface area contributed by atoms with E-state index in [9.17, 15) is 8.42 Å². The molecule has 1 atom stereocenters. The van der Waals surface area contributed by atoms with E-state index in [1.54, 1.807) is 11.3 Å². The zero-order valence-corrected chi connectivity index (χ0v) is 13.9. The van der Waals surface area contributed by atoms with Crippen molar-refractivity contribution in [2.45, 2.75) is 57.0 Å². The molecule has 2 fully saturated rings. The van der Waals surface area contributed by atoms with Crippen LogP contribution < -0.4 is 5.32 Å². The molecule has 1 aliphatic heterocycles. The first-order valence-electron chi connectivity index (χ1n) is 7.15. The maximum atomic E-state index is 12.0. The molecular weight excluding hydrogens is 292 g/mol. The van der Waals surface area contributed by atoms with Gasteiger partial charge in [0.05, 0.1) is 22.7 Å². The Bertz CT molecular complexity index is 611. The number of aromatic nitrogens is 1. The summed E-state index contributed by atoms with van der Waals surface area (Å²) in [6.07, 6.45) is 2.96. The van der Waals surface area contributed by atoms with Gasteiger partial charge in [0.1, 0.15) is 5.01 Å². The molecule has 1 N–H and O–H groups in total. The minimum Gasteiger partial charge on any atom is -0.302 e. The predicted molar refractivity (Wildman–Crippen MR) is 81.9 cm³/mol. The van der Waals surface area contributed by atoms with E-state index < -0.39 is 15.4 Å². The van der Waals surface area contributed by atoms with Gasteiger partial charge < -0.3 is 5.32 Å². The second kappa shape index (κ2) is 4.52. The Hall–Kier alpha value is -0.460. The van der Waals surface area contributed by atoms with E-state index in [0.29, 0.717) is 12.5 Å². The molecule has 1 aliphatic carbocycles. The Kier molecular flexibility index (Phi) is 3.27. The highest BCUT2D eigenvalue weighted by Gasteiger charge is 2.48. The zero-order valence-electron chi connectivity index (χ0n) is 12.3. The molecule has 0 bridgehead atoms. The van der Waals surface area contributed by atoms with Crippen LogP contribution >= 0.6 is 11.3 Å². The van der Waals surface area contributed by atoms with E-state index in [1.807, 2.05) is 0 Å². The summed E-state index contributed by atoms with van der Waals surface area (Å²) in [5.74, 6) is 0.477. The van der Waals surface area contributed by atoms with Gasteiger partial charge in [-0.05, 0) is 19.3 Å². The number of nitrogens with one attached hydrogen (secondary N) is 1. The molecule has 1 saturated carbocycles. The van der Waals surface area contributed by atoms with Crippen LogP contribution in [0.25, 0.3) is 0 Å². The highest BCUT2D eigenvalue weighted by Crippen LogP contribution is 2.39. The molecule has 2 aliphatic rings. The number of hydrogen-bond donors (Lipinski definition) is 1. The molecule has 1 saturated heterocycles. The molecule has 1 aromatic rings. The summed E-state index contributed by atoms with van der Waals surface area (Å²) in [5, 5.41) is 6.61. The molecule has 112 valence electrons. The fourth-order valence-corrected chi connectivity index (χ4v) is 5.90. The maximum Gasteiger partial charge on any atom is 0.152 e. The summed E-state index contributed by atoms with van der Waals surface area (Å²) < 4.78 is 23.9. The van der Waals surface area contributed by atoms with Gasteiger partial charge in [-0.1, -0.05) is 20.8 Å². The van der Waals surface area contributed by atoms with Crippen LogP contribution in [0.2, 0.25) is 0 Å². The van der Waals surface area contributed by atoms with Crippen molar-refractivity contribution in [2.24, 2.45) is 0 Å². The Labute approximate surface area is 124 Å². The highest BCUT2D eigenvalue weighted by molar-refractivity contribution is 7.91. The van der Waals surface area contributed by atoms with Crippen molar-refractivity contribution >= 4 is 21.2 Å². The van der Waals surface area contributed by atoms with Gasteiger partial charge in [-0.2, -0.15) is 0 Å². The van der Waals surface area contributed by atoms with Crippen LogP contribution in [0.5, 0.6) is 0 Å². The smallest absolute Gasteiger partial charge is 0.152 e. The first-order chi connectivity index (χ1) is 9.20. The van der Waals surface area contributed by atoms with Crippen LogP contribution in [-0.2, 0) is 20.8 Å². The molecular formula is C14H22N2O2S2. The molecule has 20 heavy (non-hydrogen) atoms. The molecule has 3 rings (SSSR count). The molecule has 0 spiro atoms. The first kappa shape index (κ1) is 14.5. The molecule has 4 nitrogen and oxygen atoms in total. The van der Waals surface area contributed by atoms with E-state index in [4.69, 9.17) is 4.98 Å². The van der Waals surface area contributed by atoms with E-state index in [0.717, 1.165) is 23.5 Å². The lowest BCUT2D eigenvalue weighted by molar-refractivity contribution is 0.367. The highest BCUT2D eigenvalue weighted by atomic mass is 32.2. The van der Waals surface area contributed by atoms with E-state index in [1.165, 1.54) is 0 Å². The Morgan fingerprint density at radius 2 is 2.10 bits per heavy atom. The van der Waals surface area contributed by atoms with Crippen LogP contribution in [0.1, 0.15) is 50.7 Å². The summed E-state index contributed by atoms with van der Waals surface area (Å²) in [6, 6.07) is 0.477. The van der Waals surface area contributed by atoms with Gasteiger partial charge in [0.25, 0.3) is 0 Å². The van der Waals surface area contributed by atoms with Crippen molar-refractivity contribution in [3.8, 4) is 0 Å². The summed E-state index contributed by atoms with van der Waals surface area (Å²) in [7, 11) is -2.94. The molecule has 0 aromatic carbocycles. The standard InChI is InChI=1S/C14H22N2O2S2/c1-13(2,3)11-8-19-12(15-11)14(16-10-4-5-10)6-7-20(17,18)9-14/h8,10,16H,4-7,9H2,1-3H3. The molecule has 2 heterocycles. The van der Waals surface area contributed by atoms with E-state index in [2.05, 4.69) is 31.5 Å². The number of thiazole rings is 1. The molecule has 1 unspecified atom stereocenters. The SMILES string of the molecule is CC(C)(C)c1csc(C2(NC3CC3)CCS(=O)(=O)C2)n1. The average molecular weight is 314 g/mol. The van der Waals surface area contributed by atoms with Crippen LogP contribution in [0, 0.1) is 0 Å². The van der Waals surface area contributed by atoms with E-state index >= 15 is 0 Å². The lowest BCUT2D eigenvalue weighted by atomic mass is 9.93. The molecule has 0 amide bonds. The second-order valence-corrected chi connectivity index (χ2v) is 10.2. The lowest BCUT2D eigenvalue weighted by Crippen LogP contribution is -2.44. The Balaban J connectivity index is 1.95. The number of rotatable bonds is 3. The third-order valence-electron chi connectivity index (χ3n) is 4.05. The van der Waals surface area contributed by atoms with Crippen molar-refractivity contribution in [3.63, 3.8) is 0 Å². The van der Waals surface area contributed by atoms with Crippen molar-refractivity contribution in [2.75, 3.05) is 11.5 Å². The van der Waals surface area contributed by atoms with Crippen molar-refractivity contribution in [1.29, 1.82) is 0 Å². The van der Waals surface area contributed by atoms with Gasteiger partial charge in [0.15, 0.2) is 9.84 Å². The van der Waals surface area contributed by atoms with Gasteiger partial charge in [-0.25, -0.2) is 13.4 Å². The van der Waals surface area contributed by atoms with Crippen LogP contribution in [-0.4, -0.2) is 30.9 Å². The van der Waals surface area contributed by atoms with Crippen LogP contribution in [0.15, 0.2) is 5.38 Å². The van der Waals surface area contributed by atoms with Crippen molar-refractivity contribution in [3.05, 3.63) is 16.1 Å². The van der Waals surface area contributed by atoms with Gasteiger partial charge >= 0.3 is 0 Å². The molecule has 0 radical (unpaired) electrons. The Morgan fingerprint density at radius 3 is 2.55 bits per heavy atom. The number of nitrogens with zero attached hydrogens (tertiary/aromatic N) is 1. The maximum absolute atomic E-state index is 12.0. The molecule has 6 heteroatoms. The number of sulfone groups is 1. The topological polar surface area (TPSA) is 59.1 Å². The normalized spacial score (nSPS) is 29.8. The summed E-state index contributed by atoms with van der Waals surface area (Å²) in [5.41, 5.74) is 0.625. The first-order valence-corrected chi connectivity index (χ1v) is 9.85. The van der Waals surface area contributed by atoms with Gasteiger partial charge in [-0.3, -0.25) is 0 Å². The second-order valence-electron chi connectivity index (χ2n) is 7.13. The minimum absolute atomic E-state index is 0.00694. The van der Waals surface area contributed by atoms with Gasteiger partial charge in [0.2, 0.25) is 0 Å². The van der Waals surface area contributed by atoms with Gasteiger partial charge in [0, 0.05) is 16.8 Å². The van der Waals surface area contributed by atoms with E-state index in [-0.39, 0.29) is 16.9 Å².